The van der Waals surface area contributed by atoms with Crippen LogP contribution in [0.15, 0.2) is 24.3 Å². The van der Waals surface area contributed by atoms with Crippen LogP contribution in [0.1, 0.15) is 35.4 Å². The number of carboxylic acid groups (broad SMARTS) is 1. The van der Waals surface area contributed by atoms with Crippen LogP contribution in [0.3, 0.4) is 0 Å². The molecule has 4 N–H and O–H groups in total. The Hall–Kier alpha value is -3.08. The van der Waals surface area contributed by atoms with Gasteiger partial charge in [-0.3, -0.25) is 4.79 Å². The van der Waals surface area contributed by atoms with Crippen molar-refractivity contribution >= 4 is 41.2 Å². The van der Waals surface area contributed by atoms with Crippen molar-refractivity contribution in [2.75, 3.05) is 47.7 Å². The quantitative estimate of drug-likeness (QED) is 0.480. The summed E-state index contributed by atoms with van der Waals surface area (Å²) in [5, 5.41) is 11.9. The summed E-state index contributed by atoms with van der Waals surface area (Å²) in [5.41, 5.74) is 7.15. The highest BCUT2D eigenvalue weighted by Crippen LogP contribution is 2.19. The van der Waals surface area contributed by atoms with Gasteiger partial charge in [0.05, 0.1) is 6.54 Å². The maximum atomic E-state index is 12.5. The fourth-order valence-electron chi connectivity index (χ4n) is 3.46. The molecule has 0 unspecified atom stereocenters. The number of aromatic nitrogens is 3. The van der Waals surface area contributed by atoms with Gasteiger partial charge in [-0.1, -0.05) is 0 Å². The molecule has 2 aromatic rings. The van der Waals surface area contributed by atoms with E-state index < -0.39 is 17.9 Å². The first-order valence-electron chi connectivity index (χ1n) is 10.5. The zero-order valence-electron chi connectivity index (χ0n) is 18.3. The first-order chi connectivity index (χ1) is 15.4. The summed E-state index contributed by atoms with van der Waals surface area (Å²) in [6, 6.07) is 6.05. The van der Waals surface area contributed by atoms with E-state index in [0.717, 1.165) is 31.6 Å². The SMILES string of the molecule is CSCC[C@H](NC(=O)c1ccc(N(C)Cc2nc(N)nc(N3CCCC3)n2)cc1)C(=O)O. The largest absolute Gasteiger partial charge is 0.480 e. The van der Waals surface area contributed by atoms with E-state index in [9.17, 15) is 14.7 Å². The maximum absolute atomic E-state index is 12.5. The van der Waals surface area contributed by atoms with E-state index in [2.05, 4.69) is 25.2 Å². The molecule has 1 atom stereocenters. The Morgan fingerprint density at radius 2 is 1.91 bits per heavy atom. The van der Waals surface area contributed by atoms with Gasteiger partial charge in [0.15, 0.2) is 5.82 Å². The first kappa shape index (κ1) is 23.6. The number of nitrogens with zero attached hydrogens (tertiary/aromatic N) is 5. The Labute approximate surface area is 191 Å². The zero-order valence-corrected chi connectivity index (χ0v) is 19.1. The fourth-order valence-corrected chi connectivity index (χ4v) is 3.93. The number of nitrogens with two attached hydrogens (primary N) is 1. The number of benzene rings is 1. The first-order valence-corrected chi connectivity index (χ1v) is 11.9. The van der Waals surface area contributed by atoms with Crippen molar-refractivity contribution in [1.29, 1.82) is 0 Å². The summed E-state index contributed by atoms with van der Waals surface area (Å²) in [4.78, 5) is 40.9. The van der Waals surface area contributed by atoms with Crippen molar-refractivity contribution in [2.45, 2.75) is 31.8 Å². The van der Waals surface area contributed by atoms with Crippen molar-refractivity contribution in [3.63, 3.8) is 0 Å². The molecule has 3 rings (SSSR count). The Morgan fingerprint density at radius 3 is 2.53 bits per heavy atom. The van der Waals surface area contributed by atoms with E-state index in [1.165, 1.54) is 11.8 Å². The smallest absolute Gasteiger partial charge is 0.326 e. The predicted molar refractivity (Wildman–Crippen MR) is 126 cm³/mol. The molecule has 1 aliphatic rings. The van der Waals surface area contributed by atoms with Gasteiger partial charge in [0, 0.05) is 31.4 Å². The van der Waals surface area contributed by atoms with Crippen molar-refractivity contribution < 1.29 is 14.7 Å². The minimum absolute atomic E-state index is 0.201. The average molecular weight is 460 g/mol. The number of carboxylic acids is 1. The lowest BCUT2D eigenvalue weighted by molar-refractivity contribution is -0.139. The Morgan fingerprint density at radius 1 is 1.22 bits per heavy atom. The number of carbonyl (C=O) groups excluding carboxylic acids is 1. The molecule has 10 nitrogen and oxygen atoms in total. The van der Waals surface area contributed by atoms with Crippen LogP contribution in [0.5, 0.6) is 0 Å². The van der Waals surface area contributed by atoms with Crippen molar-refractivity contribution in [3.05, 3.63) is 35.7 Å². The van der Waals surface area contributed by atoms with Gasteiger partial charge < -0.3 is 26.0 Å². The van der Waals surface area contributed by atoms with Crippen molar-refractivity contribution in [1.82, 2.24) is 20.3 Å². The summed E-state index contributed by atoms with van der Waals surface area (Å²) in [5.74, 6) is 0.595. The number of nitrogens with one attached hydrogen (secondary N) is 1. The third kappa shape index (κ3) is 6.22. The normalized spacial score (nSPS) is 14.2. The molecule has 1 amide bonds. The second kappa shape index (κ2) is 11.0. The van der Waals surface area contributed by atoms with E-state index >= 15 is 0 Å². The number of nitrogen functional groups attached to an aromatic ring is 1. The number of hydrogen-bond acceptors (Lipinski definition) is 9. The van der Waals surface area contributed by atoms with Crippen LogP contribution in [0.4, 0.5) is 17.6 Å². The highest BCUT2D eigenvalue weighted by atomic mass is 32.2. The number of carbonyl (C=O) groups is 2. The lowest BCUT2D eigenvalue weighted by Crippen LogP contribution is -2.41. The third-order valence-corrected chi connectivity index (χ3v) is 5.88. The number of aliphatic carboxylic acids is 1. The van der Waals surface area contributed by atoms with Crippen molar-refractivity contribution in [3.8, 4) is 0 Å². The van der Waals surface area contributed by atoms with Crippen LogP contribution >= 0.6 is 11.8 Å². The Balaban J connectivity index is 1.64. The predicted octanol–water partition coefficient (Wildman–Crippen LogP) is 1.63. The van der Waals surface area contributed by atoms with Gasteiger partial charge in [0.1, 0.15) is 6.04 Å². The van der Waals surface area contributed by atoms with Crippen LogP contribution in [-0.4, -0.2) is 70.1 Å². The molecule has 0 radical (unpaired) electrons. The zero-order chi connectivity index (χ0) is 23.1. The molecule has 172 valence electrons. The molecule has 1 aliphatic heterocycles. The van der Waals surface area contributed by atoms with Gasteiger partial charge in [0.2, 0.25) is 11.9 Å². The topological polar surface area (TPSA) is 138 Å². The second-order valence-corrected chi connectivity index (χ2v) is 8.64. The number of thioether (sulfide) groups is 1. The molecular weight excluding hydrogens is 430 g/mol. The van der Waals surface area contributed by atoms with Gasteiger partial charge in [-0.25, -0.2) is 4.79 Å². The number of anilines is 3. The Bertz CT molecular complexity index is 935. The molecule has 1 aromatic heterocycles. The summed E-state index contributed by atoms with van der Waals surface area (Å²) in [7, 11) is 1.90. The lowest BCUT2D eigenvalue weighted by atomic mass is 10.1. The van der Waals surface area contributed by atoms with Gasteiger partial charge in [-0.15, -0.1) is 0 Å². The van der Waals surface area contributed by atoms with Gasteiger partial charge >= 0.3 is 5.97 Å². The van der Waals surface area contributed by atoms with E-state index in [4.69, 9.17) is 5.73 Å². The van der Waals surface area contributed by atoms with Crippen LogP contribution in [0.2, 0.25) is 0 Å². The minimum atomic E-state index is -1.03. The van der Waals surface area contributed by atoms with Gasteiger partial charge in [-0.05, 0) is 55.5 Å². The van der Waals surface area contributed by atoms with Crippen LogP contribution in [0, 0.1) is 0 Å². The van der Waals surface area contributed by atoms with Crippen LogP contribution in [-0.2, 0) is 11.3 Å². The molecule has 0 bridgehead atoms. The maximum Gasteiger partial charge on any atom is 0.326 e. The Kier molecular flexibility index (Phi) is 8.09. The highest BCUT2D eigenvalue weighted by molar-refractivity contribution is 7.98. The van der Waals surface area contributed by atoms with Crippen LogP contribution in [0.25, 0.3) is 0 Å². The van der Waals surface area contributed by atoms with Crippen molar-refractivity contribution in [2.24, 2.45) is 0 Å². The highest BCUT2D eigenvalue weighted by Gasteiger charge is 2.21. The monoisotopic (exact) mass is 459 g/mol. The summed E-state index contributed by atoms with van der Waals surface area (Å²) in [6.45, 7) is 2.26. The summed E-state index contributed by atoms with van der Waals surface area (Å²) in [6.07, 6.45) is 4.50. The molecule has 1 saturated heterocycles. The molecule has 32 heavy (non-hydrogen) atoms. The number of hydrogen-bond donors (Lipinski definition) is 3. The van der Waals surface area contributed by atoms with Gasteiger partial charge in [0.25, 0.3) is 5.91 Å². The molecule has 11 heteroatoms. The standard InChI is InChI=1S/C21H29N7O3S/c1-27(13-17-24-20(22)26-21(25-17)28-10-3-4-11-28)15-7-5-14(6-8-15)18(29)23-16(19(30)31)9-12-32-2/h5-8,16H,3-4,9-13H2,1-2H3,(H,23,29)(H,30,31)(H2,22,24,25,26)/t16-/m0/s1. The average Bonchev–Trinajstić information content (AvgIpc) is 3.31. The van der Waals surface area contributed by atoms with E-state index in [1.54, 1.807) is 24.3 Å². The number of amides is 1. The molecule has 0 aliphatic carbocycles. The summed E-state index contributed by atoms with van der Waals surface area (Å²) >= 11 is 1.54. The molecule has 0 spiro atoms. The molecule has 2 heterocycles. The van der Waals surface area contributed by atoms with E-state index in [0.29, 0.717) is 36.1 Å². The molecule has 1 fully saturated rings. The lowest BCUT2D eigenvalue weighted by Gasteiger charge is -2.20. The second-order valence-electron chi connectivity index (χ2n) is 7.65. The molecule has 0 saturated carbocycles. The molecular formula is C21H29N7O3S. The van der Waals surface area contributed by atoms with Crippen LogP contribution < -0.4 is 20.9 Å². The fraction of sp³-hybridized carbons (Fsp3) is 0.476. The number of rotatable bonds is 10. The van der Waals surface area contributed by atoms with Gasteiger partial charge in [-0.2, -0.15) is 26.7 Å². The van der Waals surface area contributed by atoms with E-state index in [-0.39, 0.29) is 5.95 Å². The third-order valence-electron chi connectivity index (χ3n) is 5.24. The minimum Gasteiger partial charge on any atom is -0.480 e. The molecule has 1 aromatic carbocycles. The summed E-state index contributed by atoms with van der Waals surface area (Å²) < 4.78 is 0. The van der Waals surface area contributed by atoms with E-state index in [1.807, 2.05) is 18.2 Å².